The number of carbonyl (C=O) groups is 2. The van der Waals surface area contributed by atoms with E-state index in [0.29, 0.717) is 25.0 Å². The number of rotatable bonds is 7. The van der Waals surface area contributed by atoms with Gasteiger partial charge in [0.25, 0.3) is 5.91 Å². The number of thiophene rings is 1. The number of nitrogens with two attached hydrogens (primary N) is 1. The summed E-state index contributed by atoms with van der Waals surface area (Å²) in [6.07, 6.45) is 3.36. The Balaban J connectivity index is 1.65. The molecule has 0 fully saturated rings. The van der Waals surface area contributed by atoms with Crippen LogP contribution in [0.4, 0.5) is 0 Å². The Hall–Kier alpha value is -2.74. The van der Waals surface area contributed by atoms with Crippen molar-refractivity contribution < 1.29 is 9.59 Å². The van der Waals surface area contributed by atoms with Gasteiger partial charge < -0.3 is 11.1 Å². The average molecular weight is 371 g/mol. The quantitative estimate of drug-likeness (QED) is 0.661. The van der Waals surface area contributed by atoms with E-state index in [9.17, 15) is 9.59 Å². The molecule has 0 spiro atoms. The number of nitrogens with zero attached hydrogens (tertiary/aromatic N) is 3. The van der Waals surface area contributed by atoms with Crippen molar-refractivity contribution in [3.05, 3.63) is 51.4 Å². The van der Waals surface area contributed by atoms with Crippen LogP contribution in [0.1, 0.15) is 38.7 Å². The molecule has 3 N–H and O–H groups in total. The predicted octanol–water partition coefficient (Wildman–Crippen LogP) is 1.80. The van der Waals surface area contributed by atoms with Gasteiger partial charge in [-0.05, 0) is 43.7 Å². The van der Waals surface area contributed by atoms with Gasteiger partial charge in [0.05, 0.1) is 0 Å². The number of amides is 2. The van der Waals surface area contributed by atoms with Gasteiger partial charge in [-0.15, -0.1) is 11.3 Å². The molecule has 3 aromatic rings. The first-order valence-corrected chi connectivity index (χ1v) is 9.27. The van der Waals surface area contributed by atoms with Crippen molar-refractivity contribution in [2.75, 3.05) is 6.54 Å². The lowest BCUT2D eigenvalue weighted by Crippen LogP contribution is -2.26. The Kier molecular flexibility index (Phi) is 5.32. The van der Waals surface area contributed by atoms with Crippen LogP contribution in [0, 0.1) is 13.8 Å². The number of nitrogens with one attached hydrogen (secondary N) is 1. The molecule has 0 aliphatic rings. The topological polar surface area (TPSA) is 102 Å². The fraction of sp³-hybridized carbons (Fsp3) is 0.333. The van der Waals surface area contributed by atoms with Gasteiger partial charge in [0.1, 0.15) is 6.33 Å². The van der Waals surface area contributed by atoms with Crippen molar-refractivity contribution in [1.29, 1.82) is 0 Å². The van der Waals surface area contributed by atoms with Crippen LogP contribution in [-0.4, -0.2) is 32.7 Å². The first kappa shape index (κ1) is 18.1. The van der Waals surface area contributed by atoms with Gasteiger partial charge in [-0.3, -0.25) is 14.0 Å². The highest BCUT2D eigenvalue weighted by Crippen LogP contribution is 2.18. The van der Waals surface area contributed by atoms with Crippen LogP contribution in [0.2, 0.25) is 0 Å². The highest BCUT2D eigenvalue weighted by molar-refractivity contribution is 7.09. The lowest BCUT2D eigenvalue weighted by Gasteiger charge is -2.12. The molecule has 3 heterocycles. The molecule has 0 aliphatic carbocycles. The fourth-order valence-electron chi connectivity index (χ4n) is 2.97. The van der Waals surface area contributed by atoms with E-state index in [1.54, 1.807) is 22.1 Å². The van der Waals surface area contributed by atoms with Gasteiger partial charge in [-0.2, -0.15) is 0 Å². The van der Waals surface area contributed by atoms with E-state index < -0.39 is 5.91 Å². The van der Waals surface area contributed by atoms with Gasteiger partial charge in [0.2, 0.25) is 5.91 Å². The van der Waals surface area contributed by atoms with E-state index in [1.165, 1.54) is 4.88 Å². The second-order valence-corrected chi connectivity index (χ2v) is 7.12. The van der Waals surface area contributed by atoms with E-state index in [1.807, 2.05) is 25.3 Å². The number of fused-ring (bicyclic) bond motifs is 1. The zero-order valence-corrected chi connectivity index (χ0v) is 15.6. The summed E-state index contributed by atoms with van der Waals surface area (Å²) in [5.41, 5.74) is 8.63. The fourth-order valence-corrected chi connectivity index (χ4v) is 3.68. The minimum absolute atomic E-state index is 0.0175. The Labute approximate surface area is 155 Å². The standard InChI is InChI=1S/C18H21N5O2S/c1-11-14(5-6-15(24)20-8-7-13-4-3-9-26-13)12(2)23-10-21-16(17(19)25)18(23)22-11/h3-4,9-10H,5-8H2,1-2H3,(H2,19,25)(H,20,24). The molecule has 2 amide bonds. The van der Waals surface area contributed by atoms with Gasteiger partial charge in [-0.1, -0.05) is 6.07 Å². The van der Waals surface area contributed by atoms with Gasteiger partial charge in [0, 0.05) is 29.2 Å². The smallest absolute Gasteiger partial charge is 0.271 e. The zero-order chi connectivity index (χ0) is 18.7. The summed E-state index contributed by atoms with van der Waals surface area (Å²) in [6, 6.07) is 4.08. The highest BCUT2D eigenvalue weighted by Gasteiger charge is 2.17. The van der Waals surface area contributed by atoms with Crippen molar-refractivity contribution in [1.82, 2.24) is 19.7 Å². The summed E-state index contributed by atoms with van der Waals surface area (Å²) in [6.45, 7) is 4.44. The maximum atomic E-state index is 12.1. The monoisotopic (exact) mass is 371 g/mol. The number of aromatic nitrogens is 3. The molecule has 26 heavy (non-hydrogen) atoms. The maximum absolute atomic E-state index is 12.1. The average Bonchev–Trinajstić information content (AvgIpc) is 3.24. The van der Waals surface area contributed by atoms with Crippen LogP contribution < -0.4 is 11.1 Å². The van der Waals surface area contributed by atoms with Crippen molar-refractivity contribution >= 4 is 28.8 Å². The third-order valence-corrected chi connectivity index (χ3v) is 5.30. The Morgan fingerprint density at radius 2 is 2.12 bits per heavy atom. The number of carbonyl (C=O) groups excluding carboxylic acids is 2. The van der Waals surface area contributed by atoms with Crippen LogP contribution in [0.5, 0.6) is 0 Å². The van der Waals surface area contributed by atoms with E-state index in [2.05, 4.69) is 21.4 Å². The van der Waals surface area contributed by atoms with Crippen molar-refractivity contribution in [2.45, 2.75) is 33.1 Å². The molecule has 0 aromatic carbocycles. The zero-order valence-electron chi connectivity index (χ0n) is 14.8. The summed E-state index contributed by atoms with van der Waals surface area (Å²) in [5.74, 6) is -0.583. The molecule has 0 saturated heterocycles. The molecule has 0 unspecified atom stereocenters. The molecule has 7 nitrogen and oxygen atoms in total. The Morgan fingerprint density at radius 1 is 1.31 bits per heavy atom. The molecule has 0 saturated carbocycles. The summed E-state index contributed by atoms with van der Waals surface area (Å²) >= 11 is 1.69. The molecular formula is C18H21N5O2S. The van der Waals surface area contributed by atoms with Crippen LogP contribution in [0.3, 0.4) is 0 Å². The second kappa shape index (κ2) is 7.65. The molecule has 0 aliphatic heterocycles. The maximum Gasteiger partial charge on any atom is 0.271 e. The minimum atomic E-state index is -0.600. The molecule has 3 aromatic heterocycles. The molecule has 0 bridgehead atoms. The molecule has 3 rings (SSSR count). The number of primary amides is 1. The molecule has 8 heteroatoms. The normalized spacial score (nSPS) is 11.0. The van der Waals surface area contributed by atoms with E-state index in [0.717, 1.165) is 23.4 Å². The van der Waals surface area contributed by atoms with Crippen LogP contribution >= 0.6 is 11.3 Å². The predicted molar refractivity (Wildman–Crippen MR) is 100 cm³/mol. The number of imidazole rings is 1. The van der Waals surface area contributed by atoms with Crippen LogP contribution in [0.15, 0.2) is 23.8 Å². The first-order chi connectivity index (χ1) is 12.5. The molecule has 0 atom stereocenters. The van der Waals surface area contributed by atoms with Crippen molar-refractivity contribution in [3.63, 3.8) is 0 Å². The number of aryl methyl sites for hydroxylation is 2. The summed E-state index contributed by atoms with van der Waals surface area (Å²) in [5, 5.41) is 4.99. The highest BCUT2D eigenvalue weighted by atomic mass is 32.1. The molecule has 0 radical (unpaired) electrons. The lowest BCUT2D eigenvalue weighted by atomic mass is 10.1. The van der Waals surface area contributed by atoms with Gasteiger partial charge >= 0.3 is 0 Å². The summed E-state index contributed by atoms with van der Waals surface area (Å²) < 4.78 is 1.75. The third kappa shape index (κ3) is 3.75. The first-order valence-electron chi connectivity index (χ1n) is 8.39. The lowest BCUT2D eigenvalue weighted by molar-refractivity contribution is -0.121. The van der Waals surface area contributed by atoms with Crippen molar-refractivity contribution in [3.8, 4) is 0 Å². The summed E-state index contributed by atoms with van der Waals surface area (Å²) in [4.78, 5) is 33.3. The molecular weight excluding hydrogens is 350 g/mol. The Morgan fingerprint density at radius 3 is 2.81 bits per heavy atom. The van der Waals surface area contributed by atoms with Crippen molar-refractivity contribution in [2.24, 2.45) is 5.73 Å². The number of hydrogen-bond donors (Lipinski definition) is 2. The summed E-state index contributed by atoms with van der Waals surface area (Å²) in [7, 11) is 0. The van der Waals surface area contributed by atoms with E-state index in [4.69, 9.17) is 5.73 Å². The number of hydrogen-bond acceptors (Lipinski definition) is 5. The van der Waals surface area contributed by atoms with Gasteiger partial charge in [0.15, 0.2) is 11.3 Å². The second-order valence-electron chi connectivity index (χ2n) is 6.09. The SMILES string of the molecule is Cc1nc2c(C(N)=O)ncn2c(C)c1CCC(=O)NCCc1cccs1. The van der Waals surface area contributed by atoms with E-state index >= 15 is 0 Å². The van der Waals surface area contributed by atoms with Gasteiger partial charge in [-0.25, -0.2) is 9.97 Å². The largest absolute Gasteiger partial charge is 0.364 e. The van der Waals surface area contributed by atoms with Crippen LogP contribution in [0.25, 0.3) is 5.65 Å². The molecule has 136 valence electrons. The van der Waals surface area contributed by atoms with E-state index in [-0.39, 0.29) is 11.6 Å². The Bertz CT molecular complexity index is 946. The third-order valence-electron chi connectivity index (χ3n) is 4.36. The minimum Gasteiger partial charge on any atom is -0.364 e. The van der Waals surface area contributed by atoms with Crippen LogP contribution in [-0.2, 0) is 17.6 Å².